The molecule has 0 aliphatic rings. The van der Waals surface area contributed by atoms with Gasteiger partial charge >= 0.3 is 0 Å². The van der Waals surface area contributed by atoms with E-state index in [1.807, 2.05) is 7.11 Å². The summed E-state index contributed by atoms with van der Waals surface area (Å²) in [7, 11) is 1.82. The van der Waals surface area contributed by atoms with Crippen LogP contribution in [0.4, 0.5) is 5.69 Å². The highest BCUT2D eigenvalue weighted by Gasteiger charge is 2.11. The van der Waals surface area contributed by atoms with Crippen molar-refractivity contribution < 1.29 is 4.74 Å². The first kappa shape index (κ1) is 37.8. The smallest absolute Gasteiger partial charge is 0.142 e. The Kier molecular flexibility index (Phi) is 28.0. The second-order valence-electron chi connectivity index (χ2n) is 12.9. The Morgan fingerprint density at radius 3 is 1.02 bits per heavy atom. The van der Waals surface area contributed by atoms with Gasteiger partial charge in [-0.3, -0.25) is 0 Å². The normalized spacial score (nSPS) is 11.3. The lowest BCUT2D eigenvalue weighted by molar-refractivity contribution is 0.413. The van der Waals surface area contributed by atoms with E-state index in [1.165, 1.54) is 185 Å². The number of nitrogens with zero attached hydrogens (tertiary/aromatic N) is 1. The molecule has 1 rings (SSSR count). The zero-order chi connectivity index (χ0) is 29.5. The number of hydrogen-bond donors (Lipinski definition) is 0. The van der Waals surface area contributed by atoms with Gasteiger partial charge in [-0.1, -0.05) is 193 Å². The van der Waals surface area contributed by atoms with Crippen LogP contribution in [-0.2, 0) is 0 Å². The van der Waals surface area contributed by atoms with Gasteiger partial charge in [0.15, 0.2) is 0 Å². The fraction of sp³-hybridized carbons (Fsp3) is 0.846. The molecule has 1 aromatic rings. The Bertz CT molecular complexity index is 612. The SMILES string of the molecule is CCCCCCCCCCCCCCCCN(CCCCCCCCCCCCCCCC)c1ccccc1OC. The summed E-state index contributed by atoms with van der Waals surface area (Å²) in [6.07, 6.45) is 39.8. The number of benzene rings is 1. The third kappa shape index (κ3) is 23.0. The third-order valence-electron chi connectivity index (χ3n) is 8.99. The monoisotopic (exact) mass is 572 g/mol. The summed E-state index contributed by atoms with van der Waals surface area (Å²) in [6, 6.07) is 8.64. The molecule has 0 N–H and O–H groups in total. The van der Waals surface area contributed by atoms with Gasteiger partial charge in [0.25, 0.3) is 0 Å². The topological polar surface area (TPSA) is 12.5 Å². The van der Waals surface area contributed by atoms with Gasteiger partial charge < -0.3 is 9.64 Å². The molecule has 2 nitrogen and oxygen atoms in total. The summed E-state index contributed by atoms with van der Waals surface area (Å²) in [5.74, 6) is 1.03. The molecule has 0 bridgehead atoms. The lowest BCUT2D eigenvalue weighted by Gasteiger charge is -2.26. The van der Waals surface area contributed by atoms with Crippen molar-refractivity contribution in [2.24, 2.45) is 0 Å². The molecule has 0 atom stereocenters. The minimum Gasteiger partial charge on any atom is -0.495 e. The van der Waals surface area contributed by atoms with Crippen LogP contribution in [-0.4, -0.2) is 20.2 Å². The minimum absolute atomic E-state index is 1.03. The quantitative estimate of drug-likeness (QED) is 0.0797. The molecular weight excluding hydrogens is 498 g/mol. The van der Waals surface area contributed by atoms with Crippen LogP contribution < -0.4 is 9.64 Å². The molecule has 0 saturated heterocycles. The first-order chi connectivity index (χ1) is 20.3. The second kappa shape index (κ2) is 30.3. The lowest BCUT2D eigenvalue weighted by atomic mass is 10.0. The van der Waals surface area contributed by atoms with Crippen molar-refractivity contribution in [2.75, 3.05) is 25.1 Å². The van der Waals surface area contributed by atoms with E-state index in [4.69, 9.17) is 4.74 Å². The number of hydrogen-bond acceptors (Lipinski definition) is 2. The fourth-order valence-electron chi connectivity index (χ4n) is 6.24. The molecular formula is C39H73NO. The first-order valence-corrected chi connectivity index (χ1v) is 18.7. The molecule has 0 aliphatic heterocycles. The number of unbranched alkanes of at least 4 members (excludes halogenated alkanes) is 26. The van der Waals surface area contributed by atoms with Crippen LogP contribution in [0.1, 0.15) is 194 Å². The number of methoxy groups -OCH3 is 1. The zero-order valence-electron chi connectivity index (χ0n) is 28.4. The van der Waals surface area contributed by atoms with Crippen LogP contribution in [0, 0.1) is 0 Å². The van der Waals surface area contributed by atoms with E-state index < -0.39 is 0 Å². The van der Waals surface area contributed by atoms with Crippen molar-refractivity contribution in [1.29, 1.82) is 0 Å². The van der Waals surface area contributed by atoms with Gasteiger partial charge in [-0.2, -0.15) is 0 Å². The summed E-state index contributed by atoms with van der Waals surface area (Å²) >= 11 is 0. The van der Waals surface area contributed by atoms with E-state index in [9.17, 15) is 0 Å². The average Bonchev–Trinajstić information content (AvgIpc) is 3.00. The Hall–Kier alpha value is -1.18. The molecule has 0 spiro atoms. The number of para-hydroxylation sites is 2. The second-order valence-corrected chi connectivity index (χ2v) is 12.9. The largest absolute Gasteiger partial charge is 0.495 e. The van der Waals surface area contributed by atoms with Gasteiger partial charge in [-0.15, -0.1) is 0 Å². The van der Waals surface area contributed by atoms with E-state index in [-0.39, 0.29) is 0 Å². The van der Waals surface area contributed by atoms with E-state index in [2.05, 4.69) is 43.0 Å². The summed E-state index contributed by atoms with van der Waals surface area (Å²) in [6.45, 7) is 6.93. The van der Waals surface area contributed by atoms with Gasteiger partial charge in [0.1, 0.15) is 5.75 Å². The third-order valence-corrected chi connectivity index (χ3v) is 8.99. The van der Waals surface area contributed by atoms with Crippen molar-refractivity contribution in [3.63, 3.8) is 0 Å². The molecule has 0 aliphatic carbocycles. The zero-order valence-corrected chi connectivity index (χ0v) is 28.4. The maximum absolute atomic E-state index is 5.73. The highest BCUT2D eigenvalue weighted by atomic mass is 16.5. The molecule has 0 saturated carbocycles. The van der Waals surface area contributed by atoms with Crippen LogP contribution in [0.2, 0.25) is 0 Å². The molecule has 0 radical (unpaired) electrons. The summed E-state index contributed by atoms with van der Waals surface area (Å²) in [5, 5.41) is 0. The molecule has 240 valence electrons. The predicted molar refractivity (Wildman–Crippen MR) is 186 cm³/mol. The van der Waals surface area contributed by atoms with Crippen LogP contribution in [0.3, 0.4) is 0 Å². The highest BCUT2D eigenvalue weighted by molar-refractivity contribution is 5.58. The average molecular weight is 572 g/mol. The number of rotatable bonds is 32. The molecule has 0 fully saturated rings. The van der Waals surface area contributed by atoms with Gasteiger partial charge in [0.05, 0.1) is 12.8 Å². The van der Waals surface area contributed by atoms with Crippen molar-refractivity contribution >= 4 is 5.69 Å². The van der Waals surface area contributed by atoms with Gasteiger partial charge in [0.2, 0.25) is 0 Å². The molecule has 0 unspecified atom stereocenters. The van der Waals surface area contributed by atoms with Crippen molar-refractivity contribution in [3.05, 3.63) is 24.3 Å². The molecule has 1 aromatic carbocycles. The maximum atomic E-state index is 5.73. The lowest BCUT2D eigenvalue weighted by Crippen LogP contribution is -2.26. The van der Waals surface area contributed by atoms with Gasteiger partial charge in [-0.25, -0.2) is 0 Å². The molecule has 0 aromatic heterocycles. The predicted octanol–water partition coefficient (Wildman–Crippen LogP) is 13.5. The van der Waals surface area contributed by atoms with Crippen LogP contribution >= 0.6 is 0 Å². The maximum Gasteiger partial charge on any atom is 0.142 e. The first-order valence-electron chi connectivity index (χ1n) is 18.7. The fourth-order valence-corrected chi connectivity index (χ4v) is 6.24. The van der Waals surface area contributed by atoms with Crippen LogP contribution in [0.25, 0.3) is 0 Å². The Labute approximate surface area is 258 Å². The van der Waals surface area contributed by atoms with Crippen LogP contribution in [0.15, 0.2) is 24.3 Å². The molecule has 0 amide bonds. The minimum atomic E-state index is 1.03. The van der Waals surface area contributed by atoms with Crippen molar-refractivity contribution in [2.45, 2.75) is 194 Å². The van der Waals surface area contributed by atoms with E-state index in [0.717, 1.165) is 18.8 Å². The van der Waals surface area contributed by atoms with E-state index in [0.29, 0.717) is 0 Å². The molecule has 2 heteroatoms. The Morgan fingerprint density at radius 2 is 0.707 bits per heavy atom. The van der Waals surface area contributed by atoms with Gasteiger partial charge in [-0.05, 0) is 25.0 Å². The standard InChI is InChI=1S/C39H73NO/c1-4-6-8-10-12-14-16-18-20-22-24-26-28-32-36-40(38-34-30-31-35-39(38)41-3)37-33-29-27-25-23-21-19-17-15-13-11-9-7-5-2/h30-31,34-35H,4-29,32-33,36-37H2,1-3H3. The molecule has 41 heavy (non-hydrogen) atoms. The summed E-state index contributed by atoms with van der Waals surface area (Å²) in [4.78, 5) is 2.61. The Balaban J connectivity index is 2.12. The van der Waals surface area contributed by atoms with Gasteiger partial charge in [0, 0.05) is 13.1 Å². The highest BCUT2D eigenvalue weighted by Crippen LogP contribution is 2.28. The number of ether oxygens (including phenoxy) is 1. The van der Waals surface area contributed by atoms with E-state index in [1.54, 1.807) is 0 Å². The Morgan fingerprint density at radius 1 is 0.415 bits per heavy atom. The summed E-state index contributed by atoms with van der Waals surface area (Å²) < 4.78 is 5.73. The van der Waals surface area contributed by atoms with Crippen molar-refractivity contribution in [1.82, 2.24) is 0 Å². The van der Waals surface area contributed by atoms with E-state index >= 15 is 0 Å². The summed E-state index contributed by atoms with van der Waals surface area (Å²) in [5.41, 5.74) is 1.29. The van der Waals surface area contributed by atoms with Crippen LogP contribution in [0.5, 0.6) is 5.75 Å². The molecule has 0 heterocycles. The van der Waals surface area contributed by atoms with Crippen molar-refractivity contribution in [3.8, 4) is 5.75 Å². The number of anilines is 1.